The van der Waals surface area contributed by atoms with Gasteiger partial charge in [0.2, 0.25) is 5.91 Å². The number of nitriles is 1. The van der Waals surface area contributed by atoms with E-state index in [9.17, 15) is 14.9 Å². The molecule has 1 aromatic rings. The molecule has 0 aliphatic carbocycles. The number of amides is 1. The van der Waals surface area contributed by atoms with Crippen LogP contribution in [0.4, 0.5) is 5.69 Å². The highest BCUT2D eigenvalue weighted by atomic mass is 16.6. The van der Waals surface area contributed by atoms with Crippen molar-refractivity contribution in [2.45, 2.75) is 38.6 Å². The first kappa shape index (κ1) is 15.6. The lowest BCUT2D eigenvalue weighted by atomic mass is 10.1. The first-order valence-corrected chi connectivity index (χ1v) is 6.49. The molecule has 1 N–H and O–H groups in total. The number of non-ortho nitro benzene ring substituents is 1. The molecule has 0 spiro atoms. The lowest BCUT2D eigenvalue weighted by molar-refractivity contribution is -0.384. The Morgan fingerprint density at radius 1 is 1.55 bits per heavy atom. The molecule has 6 heteroatoms. The highest BCUT2D eigenvalue weighted by molar-refractivity contribution is 5.76. The number of nitrogens with one attached hydrogen (secondary N) is 1. The second-order valence-electron chi connectivity index (χ2n) is 4.46. The summed E-state index contributed by atoms with van der Waals surface area (Å²) in [4.78, 5) is 21.9. The van der Waals surface area contributed by atoms with Crippen molar-refractivity contribution in [1.82, 2.24) is 5.32 Å². The Labute approximate surface area is 117 Å². The van der Waals surface area contributed by atoms with Gasteiger partial charge in [0.25, 0.3) is 5.69 Å². The number of carbonyl (C=O) groups is 1. The third kappa shape index (κ3) is 5.06. The average molecular weight is 275 g/mol. The second-order valence-corrected chi connectivity index (χ2v) is 4.46. The predicted octanol–water partition coefficient (Wildman–Crippen LogP) is 2.34. The van der Waals surface area contributed by atoms with Gasteiger partial charge in [-0.15, -0.1) is 0 Å². The summed E-state index contributed by atoms with van der Waals surface area (Å²) >= 11 is 0. The summed E-state index contributed by atoms with van der Waals surface area (Å²) in [6.07, 6.45) is 2.07. The normalized spacial score (nSPS) is 11.4. The maximum Gasteiger partial charge on any atom is 0.269 e. The Balaban J connectivity index is 2.51. The summed E-state index contributed by atoms with van der Waals surface area (Å²) in [5.41, 5.74) is 0.752. The molecule has 6 nitrogen and oxygen atoms in total. The third-order valence-corrected chi connectivity index (χ3v) is 2.83. The largest absolute Gasteiger partial charge is 0.340 e. The van der Waals surface area contributed by atoms with Crippen molar-refractivity contribution < 1.29 is 9.72 Å². The molecule has 0 aliphatic rings. The van der Waals surface area contributed by atoms with Gasteiger partial charge < -0.3 is 5.32 Å². The highest BCUT2D eigenvalue weighted by Crippen LogP contribution is 2.14. The number of nitro groups is 1. The molecule has 0 radical (unpaired) electrons. The van der Waals surface area contributed by atoms with E-state index < -0.39 is 11.0 Å². The Hall–Kier alpha value is -2.42. The first-order chi connectivity index (χ1) is 9.56. The molecule has 0 aliphatic heterocycles. The standard InChI is InChI=1S/C14H17N3O3/c1-2-4-12(10-15)16-14(18)8-7-11-5-3-6-13(9-11)17(19)20/h3,5-6,9,12H,2,4,7-8H2,1H3,(H,16,18)/t12-/m1/s1. The minimum absolute atomic E-state index is 0.0174. The van der Waals surface area contributed by atoms with Crippen LogP contribution in [-0.4, -0.2) is 16.9 Å². The number of carbonyl (C=O) groups excluding carboxylic acids is 1. The predicted molar refractivity (Wildman–Crippen MR) is 73.9 cm³/mol. The van der Waals surface area contributed by atoms with Gasteiger partial charge in [-0.05, 0) is 18.4 Å². The average Bonchev–Trinajstić information content (AvgIpc) is 2.45. The SMILES string of the molecule is CCC[C@H](C#N)NC(=O)CCc1cccc([N+](=O)[O-])c1. The van der Waals surface area contributed by atoms with Gasteiger partial charge in [0.05, 0.1) is 11.0 Å². The molecule has 0 saturated heterocycles. The number of nitro benzene ring substituents is 1. The van der Waals surface area contributed by atoms with E-state index in [4.69, 9.17) is 5.26 Å². The van der Waals surface area contributed by atoms with Crippen molar-refractivity contribution in [2.75, 3.05) is 0 Å². The zero-order chi connectivity index (χ0) is 15.0. The monoisotopic (exact) mass is 275 g/mol. The number of benzene rings is 1. The summed E-state index contributed by atoms with van der Waals surface area (Å²) in [5, 5.41) is 22.1. The number of rotatable bonds is 7. The molecule has 1 amide bonds. The van der Waals surface area contributed by atoms with Gasteiger partial charge in [-0.25, -0.2) is 0 Å². The molecule has 1 rings (SSSR count). The summed E-state index contributed by atoms with van der Waals surface area (Å²) < 4.78 is 0. The van der Waals surface area contributed by atoms with Gasteiger partial charge in [0.15, 0.2) is 0 Å². The zero-order valence-corrected chi connectivity index (χ0v) is 11.3. The van der Waals surface area contributed by atoms with E-state index in [1.54, 1.807) is 12.1 Å². The van der Waals surface area contributed by atoms with E-state index in [-0.39, 0.29) is 18.0 Å². The van der Waals surface area contributed by atoms with Crippen LogP contribution in [0.3, 0.4) is 0 Å². The van der Waals surface area contributed by atoms with Crippen molar-refractivity contribution >= 4 is 11.6 Å². The van der Waals surface area contributed by atoms with Crippen molar-refractivity contribution in [3.05, 3.63) is 39.9 Å². The smallest absolute Gasteiger partial charge is 0.269 e. The quantitative estimate of drug-likeness (QED) is 0.610. The molecule has 0 saturated carbocycles. The lowest BCUT2D eigenvalue weighted by Gasteiger charge is -2.10. The van der Waals surface area contributed by atoms with E-state index in [1.165, 1.54) is 12.1 Å². The van der Waals surface area contributed by atoms with Crippen LogP contribution < -0.4 is 5.32 Å². The van der Waals surface area contributed by atoms with Crippen molar-refractivity contribution in [3.63, 3.8) is 0 Å². The van der Waals surface area contributed by atoms with Crippen LogP contribution in [0.2, 0.25) is 0 Å². The zero-order valence-electron chi connectivity index (χ0n) is 11.3. The fourth-order valence-electron chi connectivity index (χ4n) is 1.81. The Morgan fingerprint density at radius 3 is 2.90 bits per heavy atom. The lowest BCUT2D eigenvalue weighted by Crippen LogP contribution is -2.33. The number of hydrogen-bond acceptors (Lipinski definition) is 4. The molecule has 1 aromatic carbocycles. The summed E-state index contributed by atoms with van der Waals surface area (Å²) in [5.74, 6) is -0.212. The maximum absolute atomic E-state index is 11.7. The van der Waals surface area contributed by atoms with Crippen LogP contribution in [0.1, 0.15) is 31.7 Å². The summed E-state index contributed by atoms with van der Waals surface area (Å²) in [6.45, 7) is 1.94. The molecule has 1 atom stereocenters. The van der Waals surface area contributed by atoms with Gasteiger partial charge >= 0.3 is 0 Å². The molecule has 0 unspecified atom stereocenters. The number of nitrogens with zero attached hydrogens (tertiary/aromatic N) is 2. The minimum atomic E-state index is -0.462. The second kappa shape index (κ2) is 7.89. The van der Waals surface area contributed by atoms with Crippen LogP contribution in [0, 0.1) is 21.4 Å². The van der Waals surface area contributed by atoms with Crippen molar-refractivity contribution in [1.29, 1.82) is 5.26 Å². The maximum atomic E-state index is 11.7. The first-order valence-electron chi connectivity index (χ1n) is 6.49. The van der Waals surface area contributed by atoms with Crippen LogP contribution in [-0.2, 0) is 11.2 Å². The molecule has 0 fully saturated rings. The van der Waals surface area contributed by atoms with Crippen molar-refractivity contribution in [3.8, 4) is 6.07 Å². The van der Waals surface area contributed by atoms with E-state index >= 15 is 0 Å². The summed E-state index contributed by atoms with van der Waals surface area (Å²) in [6, 6.07) is 7.79. The molecule has 0 aromatic heterocycles. The fourth-order valence-corrected chi connectivity index (χ4v) is 1.81. The van der Waals surface area contributed by atoms with E-state index in [2.05, 4.69) is 5.32 Å². The Bertz CT molecular complexity index is 523. The molecular weight excluding hydrogens is 258 g/mol. The number of hydrogen-bond donors (Lipinski definition) is 1. The fraction of sp³-hybridized carbons (Fsp3) is 0.429. The van der Waals surface area contributed by atoms with Crippen LogP contribution in [0.5, 0.6) is 0 Å². The van der Waals surface area contributed by atoms with E-state index in [0.29, 0.717) is 12.8 Å². The molecular formula is C14H17N3O3. The molecule has 0 heterocycles. The van der Waals surface area contributed by atoms with Crippen LogP contribution >= 0.6 is 0 Å². The van der Waals surface area contributed by atoms with E-state index in [1.807, 2.05) is 13.0 Å². The van der Waals surface area contributed by atoms with Crippen LogP contribution in [0.25, 0.3) is 0 Å². The molecule has 106 valence electrons. The highest BCUT2D eigenvalue weighted by Gasteiger charge is 2.11. The third-order valence-electron chi connectivity index (χ3n) is 2.83. The van der Waals surface area contributed by atoms with Gasteiger partial charge in [0.1, 0.15) is 6.04 Å². The molecule has 0 bridgehead atoms. The minimum Gasteiger partial charge on any atom is -0.340 e. The van der Waals surface area contributed by atoms with Crippen LogP contribution in [0.15, 0.2) is 24.3 Å². The number of aryl methyl sites for hydroxylation is 1. The summed E-state index contributed by atoms with van der Waals surface area (Å²) in [7, 11) is 0. The van der Waals surface area contributed by atoms with Gasteiger partial charge in [-0.1, -0.05) is 25.5 Å². The Kier molecular flexibility index (Phi) is 6.17. The van der Waals surface area contributed by atoms with Gasteiger partial charge in [-0.3, -0.25) is 14.9 Å². The Morgan fingerprint density at radius 2 is 2.30 bits per heavy atom. The molecule has 20 heavy (non-hydrogen) atoms. The van der Waals surface area contributed by atoms with Gasteiger partial charge in [-0.2, -0.15) is 5.26 Å². The topological polar surface area (TPSA) is 96.0 Å². The van der Waals surface area contributed by atoms with Crippen molar-refractivity contribution in [2.24, 2.45) is 0 Å². The van der Waals surface area contributed by atoms with Gasteiger partial charge in [0, 0.05) is 18.6 Å². The van der Waals surface area contributed by atoms with E-state index in [0.717, 1.165) is 12.0 Å².